The molecule has 4 heteroatoms. The van der Waals surface area contributed by atoms with Crippen LogP contribution < -0.4 is 0 Å². The maximum absolute atomic E-state index is 3.22. The van der Waals surface area contributed by atoms with Crippen LogP contribution in [0, 0.1) is 0 Å². The molecule has 0 aromatic carbocycles. The van der Waals surface area contributed by atoms with Gasteiger partial charge in [0.2, 0.25) is 0 Å². The number of hydrogen-bond donors (Lipinski definition) is 0. The molecular weight excluding hydrogens is 116 g/mol. The van der Waals surface area contributed by atoms with Crippen molar-refractivity contribution in [3.8, 4) is 0 Å². The van der Waals surface area contributed by atoms with Gasteiger partial charge in [0.05, 0.1) is 0 Å². The summed E-state index contributed by atoms with van der Waals surface area (Å²) in [5.41, 5.74) is 0. The third-order valence-corrected chi connectivity index (χ3v) is 0. The fourth-order valence-electron chi connectivity index (χ4n) is 0. The van der Waals surface area contributed by atoms with Gasteiger partial charge in [0.1, 0.15) is 0 Å². The predicted octanol–water partition coefficient (Wildman–Crippen LogP) is 0.187. The Morgan fingerprint density at radius 3 is 1.75 bits per heavy atom. The Morgan fingerprint density at radius 1 is 1.75 bits per heavy atom. The third kappa shape index (κ3) is 9.21. The van der Waals surface area contributed by atoms with Crippen LogP contribution in [0.1, 0.15) is 0 Å². The first-order valence-corrected chi connectivity index (χ1v) is 1.45. The molecule has 0 bridgehead atoms. The summed E-state index contributed by atoms with van der Waals surface area (Å²) in [6.07, 6.45) is 0. The normalized spacial score (nSPS) is 3.25. The molecule has 0 radical (unpaired) electrons. The van der Waals surface area contributed by atoms with Gasteiger partial charge in [0, 0.05) is 0 Å². The van der Waals surface area contributed by atoms with Crippen molar-refractivity contribution < 1.29 is 0 Å². The van der Waals surface area contributed by atoms with Crippen molar-refractivity contribution in [2.45, 2.75) is 0 Å². The van der Waals surface area contributed by atoms with Crippen LogP contribution in [0.3, 0.4) is 0 Å². The summed E-state index contributed by atoms with van der Waals surface area (Å²) in [5.74, 6) is 0. The van der Waals surface area contributed by atoms with Gasteiger partial charge in [-0.25, -0.2) is 0 Å². The molecule has 0 aromatic heterocycles. The summed E-state index contributed by atoms with van der Waals surface area (Å²) in [7, 11) is 4.89. The summed E-state index contributed by atoms with van der Waals surface area (Å²) in [6.45, 7) is 0. The number of rotatable bonds is 0. The van der Waals surface area contributed by atoms with E-state index < -0.39 is 0 Å². The van der Waals surface area contributed by atoms with E-state index in [-0.39, 0.29) is 37.7 Å². The van der Waals surface area contributed by atoms with Gasteiger partial charge in [-0.05, 0) is 18.4 Å². The number of nitrogens with zero attached hydrogens (tertiary/aromatic N) is 1. The van der Waals surface area contributed by atoms with Crippen molar-refractivity contribution in [2.75, 3.05) is 0 Å². The molecule has 1 atom stereocenters. The second-order valence-corrected chi connectivity index (χ2v) is 1.16. The first-order valence-electron chi connectivity index (χ1n) is 0.482. The topological polar surface area (TPSA) is 12.4 Å². The van der Waals surface area contributed by atoms with Crippen molar-refractivity contribution >= 4 is 56.2 Å². The van der Waals surface area contributed by atoms with E-state index in [1.54, 1.807) is 0 Å². The second kappa shape index (κ2) is 8.84. The van der Waals surface area contributed by atoms with Gasteiger partial charge in [-0.2, -0.15) is 0 Å². The molecule has 0 aliphatic heterocycles. The van der Waals surface area contributed by atoms with Crippen molar-refractivity contribution in [1.29, 1.82) is 0 Å². The molecule has 0 aromatic rings. The average Bonchev–Trinajstić information content (AvgIpc) is 0.918. The van der Waals surface area contributed by atoms with Crippen LogP contribution in [0.25, 0.3) is 0 Å². The second-order valence-electron chi connectivity index (χ2n) is 0.129. The zero-order valence-electron chi connectivity index (χ0n) is 1.52. The van der Waals surface area contributed by atoms with Crippen molar-refractivity contribution in [3.63, 3.8) is 0 Å². The molecule has 1 nitrogen and oxygen atoms in total. The van der Waals surface area contributed by atoms with E-state index in [1.165, 1.54) is 0 Å². The van der Waals surface area contributed by atoms with Crippen LogP contribution in [0.15, 0.2) is 4.52 Å². The third-order valence-electron chi connectivity index (χ3n) is 0. The molecule has 4 heavy (non-hydrogen) atoms. The zero-order valence-corrected chi connectivity index (χ0v) is 3.68. The van der Waals surface area contributed by atoms with Crippen molar-refractivity contribution in [2.24, 2.45) is 4.52 Å². The minimum absolute atomic E-state index is 0. The Kier molecular flexibility index (Phi) is 20.4. The molecule has 0 spiro atoms. The molecule has 0 aliphatic rings. The van der Waals surface area contributed by atoms with E-state index in [1.807, 2.05) is 0 Å². The van der Waals surface area contributed by atoms with E-state index in [0.29, 0.717) is 0 Å². The molecule has 22 valence electrons. The molecule has 0 saturated carbocycles. The summed E-state index contributed by atoms with van der Waals surface area (Å²) in [4.78, 5) is 0. The van der Waals surface area contributed by atoms with Crippen LogP contribution in [-0.2, 0) is 0 Å². The van der Waals surface area contributed by atoms with Crippen LogP contribution in [-0.4, -0.2) is 37.7 Å². The Bertz CT molecular complexity index is 13.5. The molecule has 0 N–H and O–H groups in total. The van der Waals surface area contributed by atoms with Crippen LogP contribution in [0.4, 0.5) is 0 Å². The Balaban J connectivity index is 0. The molecule has 0 aliphatic carbocycles. The van der Waals surface area contributed by atoms with Gasteiger partial charge < -0.3 is 0 Å². The molecule has 1 unspecified atom stereocenters. The first-order chi connectivity index (χ1) is 1.41. The average molecular weight is 121 g/mol. The zero-order chi connectivity index (χ0) is 2.71. The monoisotopic (exact) mass is 121 g/mol. The van der Waals surface area contributed by atoms with E-state index in [2.05, 4.69) is 22.9 Å². The fourth-order valence-corrected chi connectivity index (χ4v) is 0. The Labute approximate surface area is 60.1 Å². The molecule has 0 amide bonds. The van der Waals surface area contributed by atoms with Crippen molar-refractivity contribution in [3.05, 3.63) is 0 Å². The molecule has 0 fully saturated rings. The first kappa shape index (κ1) is 9.25. The Hall–Kier alpha value is 1.79. The molecule has 0 heterocycles. The van der Waals surface area contributed by atoms with Crippen LogP contribution in [0.2, 0.25) is 0 Å². The van der Waals surface area contributed by atoms with Gasteiger partial charge in [-0.1, -0.05) is 0 Å². The summed E-state index contributed by atoms with van der Waals surface area (Å²) in [6, 6.07) is 0. The molecular formula is H5CaNP2. The number of hydrogen-bond acceptors (Lipinski definition) is 1. The van der Waals surface area contributed by atoms with Gasteiger partial charge >= 0.3 is 37.7 Å². The van der Waals surface area contributed by atoms with Gasteiger partial charge in [0.25, 0.3) is 0 Å². The minimum atomic E-state index is 0. The standard InChI is InChI=1S/Ca.H3NP2.2H/c;2-1-3;;/h;2H,3H2;;. The van der Waals surface area contributed by atoms with Crippen LogP contribution >= 0.6 is 18.4 Å². The van der Waals surface area contributed by atoms with Gasteiger partial charge in [-0.15, -0.1) is 0 Å². The summed E-state index contributed by atoms with van der Waals surface area (Å²) < 4.78 is 3.22. The van der Waals surface area contributed by atoms with E-state index >= 15 is 0 Å². The van der Waals surface area contributed by atoms with Gasteiger partial charge in [0.15, 0.2) is 0 Å². The maximum atomic E-state index is 3.22. The molecule has 0 rings (SSSR count). The van der Waals surface area contributed by atoms with Crippen LogP contribution in [0.5, 0.6) is 0 Å². The summed E-state index contributed by atoms with van der Waals surface area (Å²) in [5, 5.41) is 0. The fraction of sp³-hybridized carbons (Fsp3) is 0. The summed E-state index contributed by atoms with van der Waals surface area (Å²) >= 11 is 0. The quantitative estimate of drug-likeness (QED) is 0.320. The van der Waals surface area contributed by atoms with Crippen molar-refractivity contribution in [1.82, 2.24) is 0 Å². The van der Waals surface area contributed by atoms with E-state index in [4.69, 9.17) is 0 Å². The SMILES string of the molecule is P=NP.[CaH2]. The van der Waals surface area contributed by atoms with E-state index in [9.17, 15) is 0 Å². The molecule has 0 saturated heterocycles. The Morgan fingerprint density at radius 2 is 1.75 bits per heavy atom. The predicted molar refractivity (Wildman–Crippen MR) is 29.0 cm³/mol. The van der Waals surface area contributed by atoms with Gasteiger partial charge in [-0.3, -0.25) is 4.52 Å². The van der Waals surface area contributed by atoms with E-state index in [0.717, 1.165) is 0 Å².